The maximum Gasteiger partial charge on any atom is 0.424 e. The fourth-order valence-electron chi connectivity index (χ4n) is 2.44. The van der Waals surface area contributed by atoms with Crippen LogP contribution < -0.4 is 0 Å². The topological polar surface area (TPSA) is 35.5 Å². The van der Waals surface area contributed by atoms with Crippen LogP contribution in [0.4, 0.5) is 26.3 Å². The number of allylic oxidation sites excluding steroid dienone is 2. The molecule has 3 nitrogen and oxygen atoms in total. The molecule has 0 N–H and O–H groups in total. The number of ether oxygens (including phenoxy) is 2. The largest absolute Gasteiger partial charge is 0.495 e. The molecule has 1 aromatic carbocycles. The maximum absolute atomic E-state index is 13.2. The average molecular weight is 406 g/mol. The number of halogens is 6. The minimum atomic E-state index is -5.02. The van der Waals surface area contributed by atoms with Crippen LogP contribution in [0, 0.1) is 12.1 Å². The van der Waals surface area contributed by atoms with Crippen LogP contribution in [0.3, 0.4) is 0 Å². The molecule has 0 fully saturated rings. The molecule has 0 radical (unpaired) electrons. The molecule has 152 valence electrons. The summed E-state index contributed by atoms with van der Waals surface area (Å²) in [4.78, 5) is 10.9. The van der Waals surface area contributed by atoms with E-state index in [0.717, 1.165) is 0 Å². The Balaban J connectivity index is 2.22. The molecule has 0 aliphatic heterocycles. The van der Waals surface area contributed by atoms with Crippen LogP contribution in [0.2, 0.25) is 0 Å². The van der Waals surface area contributed by atoms with E-state index in [2.05, 4.69) is 0 Å². The second-order valence-electron chi connectivity index (χ2n) is 5.95. The Morgan fingerprint density at radius 3 is 2.46 bits per heavy atom. The molecule has 0 amide bonds. The lowest BCUT2D eigenvalue weighted by Gasteiger charge is -2.24. The first kappa shape index (κ1) is 21.8. The highest BCUT2D eigenvalue weighted by atomic mass is 19.4. The average Bonchev–Trinajstić information content (AvgIpc) is 2.63. The van der Waals surface area contributed by atoms with Gasteiger partial charge in [-0.15, -0.1) is 0 Å². The van der Waals surface area contributed by atoms with Crippen LogP contribution in [0.1, 0.15) is 36.5 Å². The number of alkyl halides is 6. The Bertz CT molecular complexity index is 762. The van der Waals surface area contributed by atoms with E-state index < -0.39 is 41.8 Å². The SMILES string of the molecule is CCCOC1=CC(C=O)=CCC1OCc1c#cc(C(F)(F)F)cc1C(F)(F)F. The van der Waals surface area contributed by atoms with Gasteiger partial charge in [0.25, 0.3) is 0 Å². The van der Waals surface area contributed by atoms with Gasteiger partial charge in [0.1, 0.15) is 23.7 Å². The van der Waals surface area contributed by atoms with E-state index >= 15 is 0 Å². The Morgan fingerprint density at radius 1 is 1.18 bits per heavy atom. The van der Waals surface area contributed by atoms with E-state index in [9.17, 15) is 31.1 Å². The van der Waals surface area contributed by atoms with Gasteiger partial charge in [-0.25, -0.2) is 0 Å². The molecule has 0 aromatic heterocycles. The Morgan fingerprint density at radius 2 is 1.89 bits per heavy atom. The van der Waals surface area contributed by atoms with Crippen molar-refractivity contribution in [3.63, 3.8) is 0 Å². The third-order valence-electron chi connectivity index (χ3n) is 3.80. The summed E-state index contributed by atoms with van der Waals surface area (Å²) < 4.78 is 88.6. The number of rotatable bonds is 7. The van der Waals surface area contributed by atoms with Crippen molar-refractivity contribution in [2.45, 2.75) is 44.8 Å². The molecule has 1 aliphatic carbocycles. The van der Waals surface area contributed by atoms with Crippen LogP contribution in [-0.4, -0.2) is 19.0 Å². The number of hydrogen-bond acceptors (Lipinski definition) is 3. The van der Waals surface area contributed by atoms with E-state index in [1.807, 2.05) is 13.0 Å². The molecule has 0 saturated carbocycles. The molecule has 0 saturated heterocycles. The van der Waals surface area contributed by atoms with Gasteiger partial charge in [0, 0.05) is 11.1 Å². The summed E-state index contributed by atoms with van der Waals surface area (Å²) in [5, 5.41) is 0. The zero-order chi connectivity index (χ0) is 20.9. The first-order chi connectivity index (χ1) is 13.1. The summed E-state index contributed by atoms with van der Waals surface area (Å²) in [6.07, 6.45) is -6.37. The summed E-state index contributed by atoms with van der Waals surface area (Å²) >= 11 is 0. The summed E-state index contributed by atoms with van der Waals surface area (Å²) in [5.41, 5.74) is -3.30. The van der Waals surface area contributed by atoms with Gasteiger partial charge in [0.05, 0.1) is 18.8 Å². The summed E-state index contributed by atoms with van der Waals surface area (Å²) in [6, 6.07) is 3.61. The third-order valence-corrected chi connectivity index (χ3v) is 3.80. The number of carbonyl (C=O) groups excluding carboxylic acids is 1. The molecule has 1 unspecified atom stereocenters. The van der Waals surface area contributed by atoms with Gasteiger partial charge >= 0.3 is 12.4 Å². The lowest BCUT2D eigenvalue weighted by atomic mass is 10.0. The number of hydrogen-bond donors (Lipinski definition) is 0. The van der Waals surface area contributed by atoms with Gasteiger partial charge in [-0.1, -0.05) is 25.1 Å². The first-order valence-electron chi connectivity index (χ1n) is 8.28. The van der Waals surface area contributed by atoms with Crippen molar-refractivity contribution >= 4 is 6.29 Å². The van der Waals surface area contributed by atoms with Crippen LogP contribution in [-0.2, 0) is 33.2 Å². The molecule has 0 bridgehead atoms. The highest BCUT2D eigenvalue weighted by Crippen LogP contribution is 2.36. The highest BCUT2D eigenvalue weighted by Gasteiger charge is 2.38. The van der Waals surface area contributed by atoms with Crippen LogP contribution in [0.5, 0.6) is 0 Å². The van der Waals surface area contributed by atoms with E-state index in [0.29, 0.717) is 24.9 Å². The smallest absolute Gasteiger partial charge is 0.424 e. The second kappa shape index (κ2) is 8.69. The Hall–Kier alpha value is -2.47. The molecule has 28 heavy (non-hydrogen) atoms. The van der Waals surface area contributed by atoms with Gasteiger partial charge in [0.2, 0.25) is 0 Å². The van der Waals surface area contributed by atoms with Gasteiger partial charge in [0.15, 0.2) is 0 Å². The minimum absolute atomic E-state index is 0.00913. The van der Waals surface area contributed by atoms with Crippen molar-refractivity contribution in [1.29, 1.82) is 0 Å². The predicted octanol–water partition coefficient (Wildman–Crippen LogP) is 5.05. The molecule has 0 spiro atoms. The molecular weight excluding hydrogens is 390 g/mol. The van der Waals surface area contributed by atoms with Gasteiger partial charge < -0.3 is 9.47 Å². The fraction of sp³-hybridized carbons (Fsp3) is 0.421. The monoisotopic (exact) mass is 406 g/mol. The maximum atomic E-state index is 13.2. The summed E-state index contributed by atoms with van der Waals surface area (Å²) in [5.74, 6) is 0.274. The van der Waals surface area contributed by atoms with E-state index in [-0.39, 0.29) is 18.2 Å². The van der Waals surface area contributed by atoms with Crippen molar-refractivity contribution in [3.8, 4) is 0 Å². The lowest BCUT2D eigenvalue weighted by molar-refractivity contribution is -0.144. The van der Waals surface area contributed by atoms with Crippen LogP contribution >= 0.6 is 0 Å². The van der Waals surface area contributed by atoms with E-state index in [1.165, 1.54) is 12.2 Å². The zero-order valence-corrected chi connectivity index (χ0v) is 14.7. The molecule has 1 atom stereocenters. The Kier molecular flexibility index (Phi) is 6.77. The number of carbonyl (C=O) groups is 1. The predicted molar refractivity (Wildman–Crippen MR) is 85.8 cm³/mol. The van der Waals surface area contributed by atoms with E-state index in [4.69, 9.17) is 9.47 Å². The van der Waals surface area contributed by atoms with E-state index in [1.54, 1.807) is 6.07 Å². The van der Waals surface area contributed by atoms with Crippen molar-refractivity contribution in [2.24, 2.45) is 0 Å². The normalized spacial score (nSPS) is 17.5. The van der Waals surface area contributed by atoms with Crippen molar-refractivity contribution in [1.82, 2.24) is 0 Å². The number of aldehydes is 1. The van der Waals surface area contributed by atoms with Gasteiger partial charge in [-0.2, -0.15) is 26.3 Å². The molecule has 9 heteroatoms. The summed E-state index contributed by atoms with van der Waals surface area (Å²) in [6.45, 7) is 1.51. The third kappa shape index (κ3) is 5.52. The molecule has 1 aromatic rings. The van der Waals surface area contributed by atoms with Crippen molar-refractivity contribution in [3.05, 3.63) is 58.4 Å². The first-order valence-corrected chi connectivity index (χ1v) is 8.28. The van der Waals surface area contributed by atoms with Crippen molar-refractivity contribution in [2.75, 3.05) is 6.61 Å². The minimum Gasteiger partial charge on any atom is -0.495 e. The molecule has 2 rings (SSSR count). The second-order valence-corrected chi connectivity index (χ2v) is 5.95. The van der Waals surface area contributed by atoms with Crippen LogP contribution in [0.25, 0.3) is 0 Å². The zero-order valence-electron chi connectivity index (χ0n) is 14.7. The fourth-order valence-corrected chi connectivity index (χ4v) is 2.44. The van der Waals surface area contributed by atoms with Gasteiger partial charge in [-0.3, -0.25) is 4.79 Å². The van der Waals surface area contributed by atoms with Crippen LogP contribution in [0.15, 0.2) is 29.6 Å². The van der Waals surface area contributed by atoms with Crippen molar-refractivity contribution < 1.29 is 40.6 Å². The molecule has 1 aliphatic rings. The lowest BCUT2D eigenvalue weighted by Crippen LogP contribution is -2.22. The Labute approximate surface area is 157 Å². The molecule has 0 heterocycles. The summed E-state index contributed by atoms with van der Waals surface area (Å²) in [7, 11) is 0. The van der Waals surface area contributed by atoms with Gasteiger partial charge in [-0.05, 0) is 25.0 Å². The molecular formula is C19H16F6O3. The quantitative estimate of drug-likeness (QED) is 0.470. The highest BCUT2D eigenvalue weighted by molar-refractivity contribution is 5.78. The standard InChI is InChI=1S/C19H16F6O3/c1-2-7-27-17-8-12(10-26)3-6-16(17)28-11-13-4-5-14(18(20,21)22)9-15(13)19(23,24)25/h3,8-10,16H,2,6-7,11H2,1H3.